The van der Waals surface area contributed by atoms with Gasteiger partial charge >= 0.3 is 0 Å². The van der Waals surface area contributed by atoms with E-state index in [0.717, 1.165) is 12.5 Å². The van der Waals surface area contributed by atoms with Crippen molar-refractivity contribution in [2.75, 3.05) is 13.2 Å². The van der Waals surface area contributed by atoms with E-state index in [9.17, 15) is 0 Å². The van der Waals surface area contributed by atoms with Gasteiger partial charge in [-0.2, -0.15) is 0 Å². The van der Waals surface area contributed by atoms with Crippen LogP contribution in [0.15, 0.2) is 0 Å². The van der Waals surface area contributed by atoms with E-state index in [1.54, 1.807) is 0 Å². The molecule has 2 saturated heterocycles. The summed E-state index contributed by atoms with van der Waals surface area (Å²) in [5.41, 5.74) is 0.292. The van der Waals surface area contributed by atoms with E-state index in [1.807, 2.05) is 0 Å². The molecule has 2 nitrogen and oxygen atoms in total. The molecule has 0 radical (unpaired) electrons. The molecule has 0 aliphatic carbocycles. The smallest absolute Gasteiger partial charge is 0.116 e. The molecule has 2 fully saturated rings. The molecule has 2 rings (SSSR count). The average Bonchev–Trinajstić information content (AvgIpc) is 2.05. The molecular weight excluding hydrogens is 138 g/mol. The molecule has 0 bridgehead atoms. The highest BCUT2D eigenvalue weighted by atomic mass is 16.5. The lowest BCUT2D eigenvalue weighted by atomic mass is 10.0. The molecule has 64 valence electrons. The molecule has 0 spiro atoms. The third-order valence-corrected chi connectivity index (χ3v) is 2.79. The van der Waals surface area contributed by atoms with E-state index in [2.05, 4.69) is 25.7 Å². The maximum atomic E-state index is 5.52. The fourth-order valence-electron chi connectivity index (χ4n) is 2.04. The number of nitrogens with zero attached hydrogens (tertiary/aromatic N) is 1. The third-order valence-electron chi connectivity index (χ3n) is 2.79. The average molecular weight is 155 g/mol. The summed E-state index contributed by atoms with van der Waals surface area (Å²) in [5, 5.41) is 0. The SMILES string of the molecule is CC(C)(C)N1CC[C@@H]2CO[C@@H]21. The predicted octanol–water partition coefficient (Wildman–Crippen LogP) is 1.46. The maximum Gasteiger partial charge on any atom is 0.116 e. The van der Waals surface area contributed by atoms with Crippen LogP contribution in [0.3, 0.4) is 0 Å². The summed E-state index contributed by atoms with van der Waals surface area (Å²) in [6.07, 6.45) is 1.79. The first-order valence-electron chi connectivity index (χ1n) is 4.47. The molecular formula is C9H17NO. The van der Waals surface area contributed by atoms with Gasteiger partial charge in [0.15, 0.2) is 0 Å². The van der Waals surface area contributed by atoms with E-state index in [4.69, 9.17) is 4.74 Å². The van der Waals surface area contributed by atoms with E-state index >= 15 is 0 Å². The molecule has 2 heteroatoms. The first-order valence-corrected chi connectivity index (χ1v) is 4.47. The topological polar surface area (TPSA) is 12.5 Å². The Kier molecular flexibility index (Phi) is 1.52. The van der Waals surface area contributed by atoms with Gasteiger partial charge < -0.3 is 4.74 Å². The largest absolute Gasteiger partial charge is 0.362 e. The van der Waals surface area contributed by atoms with Crippen molar-refractivity contribution in [3.05, 3.63) is 0 Å². The van der Waals surface area contributed by atoms with Gasteiger partial charge in [0.05, 0.1) is 6.61 Å². The van der Waals surface area contributed by atoms with Crippen molar-refractivity contribution in [1.29, 1.82) is 0 Å². The van der Waals surface area contributed by atoms with Crippen molar-refractivity contribution < 1.29 is 4.74 Å². The summed E-state index contributed by atoms with van der Waals surface area (Å²) in [7, 11) is 0. The second-order valence-electron chi connectivity index (χ2n) is 4.64. The molecule has 0 aromatic rings. The summed E-state index contributed by atoms with van der Waals surface area (Å²) in [4.78, 5) is 2.47. The zero-order chi connectivity index (χ0) is 8.06. The lowest BCUT2D eigenvalue weighted by Gasteiger charge is -2.42. The van der Waals surface area contributed by atoms with Gasteiger partial charge in [0.2, 0.25) is 0 Å². The van der Waals surface area contributed by atoms with Crippen molar-refractivity contribution in [2.24, 2.45) is 5.92 Å². The van der Waals surface area contributed by atoms with Crippen LogP contribution in [0.5, 0.6) is 0 Å². The Balaban J connectivity index is 2.05. The minimum atomic E-state index is 0.292. The number of fused-ring (bicyclic) bond motifs is 1. The van der Waals surface area contributed by atoms with E-state index in [0.29, 0.717) is 11.8 Å². The minimum Gasteiger partial charge on any atom is -0.362 e. The summed E-state index contributed by atoms with van der Waals surface area (Å²) in [6.45, 7) is 9.00. The zero-order valence-corrected chi connectivity index (χ0v) is 7.63. The van der Waals surface area contributed by atoms with E-state index in [1.165, 1.54) is 13.0 Å². The highest BCUT2D eigenvalue weighted by molar-refractivity contribution is 4.92. The van der Waals surface area contributed by atoms with Crippen LogP contribution in [0.4, 0.5) is 0 Å². The highest BCUT2D eigenvalue weighted by Gasteiger charge is 2.45. The number of rotatable bonds is 0. The van der Waals surface area contributed by atoms with Crippen LogP contribution >= 0.6 is 0 Å². The van der Waals surface area contributed by atoms with E-state index in [-0.39, 0.29) is 0 Å². The molecule has 2 aliphatic heterocycles. The Hall–Kier alpha value is -0.0800. The molecule has 2 aliphatic rings. The van der Waals surface area contributed by atoms with Gasteiger partial charge in [-0.1, -0.05) is 0 Å². The van der Waals surface area contributed by atoms with Crippen LogP contribution < -0.4 is 0 Å². The first-order chi connectivity index (χ1) is 5.09. The van der Waals surface area contributed by atoms with Gasteiger partial charge in [-0.05, 0) is 27.2 Å². The van der Waals surface area contributed by atoms with Crippen molar-refractivity contribution in [1.82, 2.24) is 4.90 Å². The molecule has 0 saturated carbocycles. The summed E-state index contributed by atoms with van der Waals surface area (Å²) in [5.74, 6) is 0.842. The molecule has 2 heterocycles. The fraction of sp³-hybridized carbons (Fsp3) is 1.00. The van der Waals surface area contributed by atoms with Crippen LogP contribution in [0.25, 0.3) is 0 Å². The second-order valence-corrected chi connectivity index (χ2v) is 4.64. The maximum absolute atomic E-state index is 5.52. The summed E-state index contributed by atoms with van der Waals surface area (Å²) >= 11 is 0. The van der Waals surface area contributed by atoms with Crippen LogP contribution in [0.2, 0.25) is 0 Å². The van der Waals surface area contributed by atoms with Gasteiger partial charge in [-0.15, -0.1) is 0 Å². The second kappa shape index (κ2) is 2.20. The Morgan fingerprint density at radius 3 is 2.36 bits per heavy atom. The monoisotopic (exact) mass is 155 g/mol. The Bertz CT molecular complexity index is 161. The van der Waals surface area contributed by atoms with Gasteiger partial charge in [-0.3, -0.25) is 4.90 Å². The number of hydrogen-bond donors (Lipinski definition) is 0. The van der Waals surface area contributed by atoms with Gasteiger partial charge in [0.1, 0.15) is 6.23 Å². The molecule has 0 N–H and O–H groups in total. The standard InChI is InChI=1S/C9H17NO/c1-9(2,3)10-5-4-7-6-11-8(7)10/h7-8H,4-6H2,1-3H3/t7-,8+/m1/s1. The Labute approximate surface area is 68.5 Å². The lowest BCUT2D eigenvalue weighted by Crippen LogP contribution is -2.52. The van der Waals surface area contributed by atoms with Crippen molar-refractivity contribution >= 4 is 0 Å². The van der Waals surface area contributed by atoms with Gasteiger partial charge in [0, 0.05) is 18.0 Å². The quantitative estimate of drug-likeness (QED) is 0.525. The molecule has 0 aromatic heterocycles. The lowest BCUT2D eigenvalue weighted by molar-refractivity contribution is -0.179. The van der Waals surface area contributed by atoms with Crippen LogP contribution in [-0.4, -0.2) is 29.8 Å². The zero-order valence-electron chi connectivity index (χ0n) is 7.63. The summed E-state index contributed by atoms with van der Waals surface area (Å²) < 4.78 is 5.52. The fourth-order valence-corrected chi connectivity index (χ4v) is 2.04. The normalized spacial score (nSPS) is 38.5. The number of hydrogen-bond acceptors (Lipinski definition) is 2. The van der Waals surface area contributed by atoms with Gasteiger partial charge in [0.25, 0.3) is 0 Å². The highest BCUT2D eigenvalue weighted by Crippen LogP contribution is 2.37. The number of likely N-dealkylation sites (tertiary alicyclic amines) is 1. The van der Waals surface area contributed by atoms with Crippen molar-refractivity contribution in [3.63, 3.8) is 0 Å². The van der Waals surface area contributed by atoms with Crippen LogP contribution in [0, 0.1) is 5.92 Å². The molecule has 0 unspecified atom stereocenters. The minimum absolute atomic E-state index is 0.292. The van der Waals surface area contributed by atoms with Gasteiger partial charge in [-0.25, -0.2) is 0 Å². The third kappa shape index (κ3) is 1.09. The van der Waals surface area contributed by atoms with Crippen molar-refractivity contribution in [3.8, 4) is 0 Å². The Morgan fingerprint density at radius 2 is 2.09 bits per heavy atom. The summed E-state index contributed by atoms with van der Waals surface area (Å²) in [6, 6.07) is 0. The molecule has 2 atom stereocenters. The molecule has 0 aromatic carbocycles. The van der Waals surface area contributed by atoms with Crippen LogP contribution in [-0.2, 0) is 4.74 Å². The predicted molar refractivity (Wildman–Crippen MR) is 44.3 cm³/mol. The van der Waals surface area contributed by atoms with Crippen molar-refractivity contribution in [2.45, 2.75) is 39.0 Å². The number of ether oxygens (including phenoxy) is 1. The van der Waals surface area contributed by atoms with E-state index < -0.39 is 0 Å². The molecule has 0 amide bonds. The Morgan fingerprint density at radius 1 is 1.36 bits per heavy atom. The molecule has 11 heavy (non-hydrogen) atoms. The first kappa shape index (κ1) is 7.56. The van der Waals surface area contributed by atoms with Crippen LogP contribution in [0.1, 0.15) is 27.2 Å².